The van der Waals surface area contributed by atoms with Gasteiger partial charge in [-0.15, -0.1) is 11.6 Å². The van der Waals surface area contributed by atoms with Crippen molar-refractivity contribution in [2.75, 3.05) is 5.88 Å². The van der Waals surface area contributed by atoms with Gasteiger partial charge >= 0.3 is 0 Å². The molecular formula is C9H7ClN2. The van der Waals surface area contributed by atoms with E-state index >= 15 is 0 Å². The molecule has 1 aromatic rings. The van der Waals surface area contributed by atoms with Gasteiger partial charge in [-0.25, -0.2) is 0 Å². The molecule has 1 aromatic heterocycles. The lowest BCUT2D eigenvalue weighted by molar-refractivity contribution is 1.29. The van der Waals surface area contributed by atoms with E-state index in [0.29, 0.717) is 11.4 Å². The second-order valence-corrected chi connectivity index (χ2v) is 2.48. The molecule has 0 saturated heterocycles. The van der Waals surface area contributed by atoms with Gasteiger partial charge in [0.2, 0.25) is 0 Å². The van der Waals surface area contributed by atoms with Crippen LogP contribution in [-0.4, -0.2) is 10.9 Å². The molecule has 0 aromatic carbocycles. The third-order valence-electron chi connectivity index (χ3n) is 1.29. The van der Waals surface area contributed by atoms with E-state index in [0.717, 1.165) is 5.56 Å². The van der Waals surface area contributed by atoms with Crippen molar-refractivity contribution < 1.29 is 0 Å². The van der Waals surface area contributed by atoms with Crippen LogP contribution in [0, 0.1) is 11.3 Å². The summed E-state index contributed by atoms with van der Waals surface area (Å²) in [5, 5.41) is 8.55. The summed E-state index contributed by atoms with van der Waals surface area (Å²) < 4.78 is 0. The monoisotopic (exact) mass is 178 g/mol. The minimum absolute atomic E-state index is 0.469. The molecule has 0 amide bonds. The first-order valence-corrected chi connectivity index (χ1v) is 3.98. The normalized spacial score (nSPS) is 10.0. The summed E-state index contributed by atoms with van der Waals surface area (Å²) in [7, 11) is 0. The average Bonchev–Trinajstić information content (AvgIpc) is 2.15. The van der Waals surface area contributed by atoms with Crippen LogP contribution in [0.25, 0.3) is 6.08 Å². The zero-order valence-corrected chi connectivity index (χ0v) is 7.12. The highest BCUT2D eigenvalue weighted by Gasteiger charge is 1.90. The lowest BCUT2D eigenvalue weighted by atomic mass is 10.2. The van der Waals surface area contributed by atoms with E-state index < -0.39 is 0 Å². The average molecular weight is 179 g/mol. The molecule has 0 N–H and O–H groups in total. The van der Waals surface area contributed by atoms with Crippen molar-refractivity contribution in [2.45, 2.75) is 0 Å². The number of alkyl halides is 1. The first-order chi connectivity index (χ1) is 5.86. The predicted octanol–water partition coefficient (Wildman–Crippen LogP) is 2.21. The van der Waals surface area contributed by atoms with Gasteiger partial charge in [-0.3, -0.25) is 4.98 Å². The molecule has 0 aliphatic heterocycles. The maximum atomic E-state index is 8.55. The van der Waals surface area contributed by atoms with Crippen LogP contribution >= 0.6 is 11.6 Å². The summed E-state index contributed by atoms with van der Waals surface area (Å²) in [4.78, 5) is 3.89. The topological polar surface area (TPSA) is 36.7 Å². The van der Waals surface area contributed by atoms with Gasteiger partial charge in [0.25, 0.3) is 0 Å². The first kappa shape index (κ1) is 8.76. The molecule has 2 nitrogen and oxygen atoms in total. The van der Waals surface area contributed by atoms with E-state index in [9.17, 15) is 0 Å². The Bertz CT molecular complexity index is 326. The third kappa shape index (κ3) is 2.37. The molecule has 0 radical (unpaired) electrons. The van der Waals surface area contributed by atoms with Gasteiger partial charge in [0.05, 0.1) is 5.56 Å². The van der Waals surface area contributed by atoms with E-state index in [1.54, 1.807) is 18.3 Å². The maximum absolute atomic E-state index is 8.55. The molecule has 0 unspecified atom stereocenters. The number of hydrogen-bond donors (Lipinski definition) is 0. The number of rotatable bonds is 2. The molecule has 3 heteroatoms. The Morgan fingerprint density at radius 2 is 2.42 bits per heavy atom. The lowest BCUT2D eigenvalue weighted by Gasteiger charge is -1.91. The molecular weight excluding hydrogens is 172 g/mol. The fourth-order valence-corrected chi connectivity index (χ4v) is 0.880. The summed E-state index contributed by atoms with van der Waals surface area (Å²) >= 11 is 5.45. The van der Waals surface area contributed by atoms with Crippen molar-refractivity contribution in [1.29, 1.82) is 5.26 Å². The fraction of sp³-hybridized carbons (Fsp3) is 0.111. The molecule has 0 aliphatic carbocycles. The summed E-state index contributed by atoms with van der Waals surface area (Å²) in [6.07, 6.45) is 6.85. The van der Waals surface area contributed by atoms with Crippen molar-refractivity contribution in [3.63, 3.8) is 0 Å². The van der Waals surface area contributed by atoms with Crippen LogP contribution in [0.15, 0.2) is 24.5 Å². The predicted molar refractivity (Wildman–Crippen MR) is 48.7 cm³/mol. The number of nitriles is 1. The highest BCUT2D eigenvalue weighted by molar-refractivity contribution is 6.19. The van der Waals surface area contributed by atoms with Crippen LogP contribution in [0.5, 0.6) is 0 Å². The molecule has 0 bridgehead atoms. The van der Waals surface area contributed by atoms with Gasteiger partial charge in [0, 0.05) is 18.3 Å². The molecule has 0 aliphatic rings. The lowest BCUT2D eigenvalue weighted by Crippen LogP contribution is -1.80. The zero-order valence-electron chi connectivity index (χ0n) is 6.37. The zero-order chi connectivity index (χ0) is 8.81. The van der Waals surface area contributed by atoms with E-state index in [1.165, 1.54) is 6.20 Å². The Morgan fingerprint density at radius 3 is 3.08 bits per heavy atom. The van der Waals surface area contributed by atoms with Crippen LogP contribution in [0.3, 0.4) is 0 Å². The van der Waals surface area contributed by atoms with Crippen LogP contribution < -0.4 is 0 Å². The molecule has 12 heavy (non-hydrogen) atoms. The van der Waals surface area contributed by atoms with E-state index in [4.69, 9.17) is 16.9 Å². The maximum Gasteiger partial charge on any atom is 0.101 e. The van der Waals surface area contributed by atoms with Crippen molar-refractivity contribution in [2.24, 2.45) is 0 Å². The SMILES string of the molecule is N#Cc1cncc(C=CCCl)c1. The Balaban J connectivity index is 2.88. The van der Waals surface area contributed by atoms with Gasteiger partial charge in [-0.1, -0.05) is 12.2 Å². The first-order valence-electron chi connectivity index (χ1n) is 3.44. The molecule has 0 fully saturated rings. The van der Waals surface area contributed by atoms with Crippen molar-refractivity contribution in [3.05, 3.63) is 35.7 Å². The summed E-state index contributed by atoms with van der Waals surface area (Å²) in [5.74, 6) is 0.469. The standard InChI is InChI=1S/C9H7ClN2/c10-3-1-2-8-4-9(5-11)7-12-6-8/h1-2,4,6-7H,3H2. The van der Waals surface area contributed by atoms with Crippen LogP contribution in [0.4, 0.5) is 0 Å². The van der Waals surface area contributed by atoms with Crippen molar-refractivity contribution in [3.8, 4) is 6.07 Å². The molecule has 0 spiro atoms. The summed E-state index contributed by atoms with van der Waals surface area (Å²) in [6.45, 7) is 0. The number of pyridine rings is 1. The Hall–Kier alpha value is -1.33. The van der Waals surface area contributed by atoms with Crippen LogP contribution in [0.1, 0.15) is 11.1 Å². The van der Waals surface area contributed by atoms with Crippen molar-refractivity contribution >= 4 is 17.7 Å². The smallest absolute Gasteiger partial charge is 0.101 e. The molecule has 60 valence electrons. The summed E-state index contributed by atoms with van der Waals surface area (Å²) in [6, 6.07) is 3.77. The van der Waals surface area contributed by atoms with Crippen LogP contribution in [0.2, 0.25) is 0 Å². The van der Waals surface area contributed by atoms with E-state index in [2.05, 4.69) is 4.98 Å². The fourth-order valence-electron chi connectivity index (χ4n) is 0.791. The second-order valence-electron chi connectivity index (χ2n) is 2.18. The quantitative estimate of drug-likeness (QED) is 0.651. The van der Waals surface area contributed by atoms with Gasteiger partial charge < -0.3 is 0 Å². The van der Waals surface area contributed by atoms with Crippen molar-refractivity contribution in [1.82, 2.24) is 4.98 Å². The van der Waals surface area contributed by atoms with Gasteiger partial charge in [-0.2, -0.15) is 5.26 Å². The minimum atomic E-state index is 0.469. The number of halogens is 1. The molecule has 0 saturated carbocycles. The Labute approximate surface area is 76.1 Å². The molecule has 1 heterocycles. The highest BCUT2D eigenvalue weighted by Crippen LogP contribution is 2.03. The van der Waals surface area contributed by atoms with E-state index in [-0.39, 0.29) is 0 Å². The number of aromatic nitrogens is 1. The summed E-state index contributed by atoms with van der Waals surface area (Å²) in [5.41, 5.74) is 1.46. The molecule has 0 atom stereocenters. The largest absolute Gasteiger partial charge is 0.263 e. The van der Waals surface area contributed by atoms with Gasteiger partial charge in [0.1, 0.15) is 6.07 Å². The van der Waals surface area contributed by atoms with E-state index in [1.807, 2.05) is 12.1 Å². The van der Waals surface area contributed by atoms with Crippen LogP contribution in [-0.2, 0) is 0 Å². The Kier molecular flexibility index (Phi) is 3.31. The number of allylic oxidation sites excluding steroid dienone is 1. The third-order valence-corrected chi connectivity index (χ3v) is 1.47. The van der Waals surface area contributed by atoms with Gasteiger partial charge in [-0.05, 0) is 11.6 Å². The Morgan fingerprint density at radius 1 is 1.58 bits per heavy atom. The highest BCUT2D eigenvalue weighted by atomic mass is 35.5. The molecule has 1 rings (SSSR count). The number of nitrogens with zero attached hydrogens (tertiary/aromatic N) is 2. The van der Waals surface area contributed by atoms with Gasteiger partial charge in [0.15, 0.2) is 0 Å². The minimum Gasteiger partial charge on any atom is -0.263 e. The second kappa shape index (κ2) is 4.53. The number of hydrogen-bond acceptors (Lipinski definition) is 2.